The van der Waals surface area contributed by atoms with Crippen LogP contribution in [0, 0.1) is 0 Å². The highest BCUT2D eigenvalue weighted by Gasteiger charge is 2.31. The van der Waals surface area contributed by atoms with Crippen molar-refractivity contribution in [2.75, 3.05) is 9.91 Å². The van der Waals surface area contributed by atoms with Crippen LogP contribution in [0.15, 0.2) is 182 Å². The molecule has 1 aromatic heterocycles. The number of hydrogen-bond donors (Lipinski definition) is 0. The minimum atomic E-state index is 0.799. The van der Waals surface area contributed by atoms with Crippen molar-refractivity contribution in [1.82, 2.24) is 4.57 Å². The molecule has 8 aromatic rings. The van der Waals surface area contributed by atoms with Gasteiger partial charge in [-0.25, -0.2) is 5.01 Å². The number of hydrazone groups is 1. The van der Waals surface area contributed by atoms with E-state index in [0.717, 1.165) is 67.2 Å². The van der Waals surface area contributed by atoms with Gasteiger partial charge in [0, 0.05) is 39.0 Å². The van der Waals surface area contributed by atoms with Crippen molar-refractivity contribution in [2.24, 2.45) is 5.10 Å². The number of rotatable bonds is 4. The molecule has 0 N–H and O–H groups in total. The number of nitrogens with zero attached hydrogens (tertiary/aromatic N) is 4. The first-order valence-corrected chi connectivity index (χ1v) is 15.9. The molecular formula is C43H30N4. The van der Waals surface area contributed by atoms with E-state index in [-0.39, 0.29) is 0 Å². The summed E-state index contributed by atoms with van der Waals surface area (Å²) in [6.45, 7) is 4.77. The second kappa shape index (κ2) is 10.9. The van der Waals surface area contributed by atoms with Gasteiger partial charge in [0.15, 0.2) is 5.84 Å². The molecule has 4 heteroatoms. The normalized spacial score (nSPS) is 13.2. The lowest BCUT2D eigenvalue weighted by Crippen LogP contribution is -2.30. The third kappa shape index (κ3) is 4.34. The maximum atomic E-state index is 5.55. The number of amidine groups is 1. The predicted octanol–water partition coefficient (Wildman–Crippen LogP) is 10.9. The van der Waals surface area contributed by atoms with E-state index < -0.39 is 0 Å². The minimum Gasteiger partial charge on any atom is -0.309 e. The number of aromatic nitrogens is 1. The van der Waals surface area contributed by atoms with Gasteiger partial charge in [0.1, 0.15) is 0 Å². The zero-order valence-corrected chi connectivity index (χ0v) is 25.7. The van der Waals surface area contributed by atoms with Gasteiger partial charge in [0.25, 0.3) is 0 Å². The van der Waals surface area contributed by atoms with E-state index in [1.807, 2.05) is 18.2 Å². The predicted molar refractivity (Wildman–Crippen MR) is 198 cm³/mol. The highest BCUT2D eigenvalue weighted by atomic mass is 15.5. The van der Waals surface area contributed by atoms with Crippen LogP contribution in [0.25, 0.3) is 44.0 Å². The molecular weight excluding hydrogens is 573 g/mol. The SMILES string of the molecule is C=C1c2ccc3c(c2N(c2ccccc2)N=C(c2ccccc2)N1c1ccccc1)c1ccccc1n3-c1ccc2ccccc2c1. The Morgan fingerprint density at radius 2 is 1.13 bits per heavy atom. The van der Waals surface area contributed by atoms with Crippen molar-refractivity contribution in [2.45, 2.75) is 0 Å². The molecule has 4 nitrogen and oxygen atoms in total. The number of para-hydroxylation sites is 3. The molecule has 0 atom stereocenters. The number of hydrogen-bond acceptors (Lipinski definition) is 3. The summed E-state index contributed by atoms with van der Waals surface area (Å²) in [5.41, 5.74) is 9.22. The van der Waals surface area contributed by atoms with E-state index in [1.165, 1.54) is 10.8 Å². The van der Waals surface area contributed by atoms with E-state index in [9.17, 15) is 0 Å². The Hall–Kier alpha value is -6.39. The average molecular weight is 603 g/mol. The van der Waals surface area contributed by atoms with Crippen LogP contribution in [-0.2, 0) is 0 Å². The van der Waals surface area contributed by atoms with Gasteiger partial charge in [-0.05, 0) is 65.4 Å². The summed E-state index contributed by atoms with van der Waals surface area (Å²) in [6, 6.07) is 59.6. The lowest BCUT2D eigenvalue weighted by molar-refractivity contribution is 1.09. The molecule has 9 rings (SSSR count). The molecule has 0 amide bonds. The van der Waals surface area contributed by atoms with Gasteiger partial charge in [0.05, 0.1) is 22.4 Å². The number of fused-ring (bicyclic) bond motifs is 6. The molecule has 7 aromatic carbocycles. The van der Waals surface area contributed by atoms with Gasteiger partial charge in [-0.15, -0.1) is 5.10 Å². The van der Waals surface area contributed by atoms with Gasteiger partial charge in [-0.3, -0.25) is 4.90 Å². The van der Waals surface area contributed by atoms with E-state index in [0.29, 0.717) is 0 Å². The zero-order valence-electron chi connectivity index (χ0n) is 25.7. The van der Waals surface area contributed by atoms with Gasteiger partial charge < -0.3 is 4.57 Å². The van der Waals surface area contributed by atoms with Crippen molar-refractivity contribution >= 4 is 61.2 Å². The van der Waals surface area contributed by atoms with E-state index in [4.69, 9.17) is 11.7 Å². The van der Waals surface area contributed by atoms with Crippen LogP contribution in [0.3, 0.4) is 0 Å². The van der Waals surface area contributed by atoms with Crippen molar-refractivity contribution in [1.29, 1.82) is 0 Å². The first-order valence-electron chi connectivity index (χ1n) is 15.9. The van der Waals surface area contributed by atoms with Crippen molar-refractivity contribution in [3.63, 3.8) is 0 Å². The Labute approximate surface area is 273 Å². The third-order valence-corrected chi connectivity index (χ3v) is 9.05. The number of benzene rings is 7. The smallest absolute Gasteiger partial charge is 0.165 e. The average Bonchev–Trinajstić information content (AvgIpc) is 3.41. The molecule has 222 valence electrons. The highest BCUT2D eigenvalue weighted by molar-refractivity contribution is 6.23. The Morgan fingerprint density at radius 1 is 0.489 bits per heavy atom. The summed E-state index contributed by atoms with van der Waals surface area (Å²) in [6.07, 6.45) is 0. The van der Waals surface area contributed by atoms with E-state index in [2.05, 4.69) is 166 Å². The van der Waals surface area contributed by atoms with Crippen LogP contribution in [-0.4, -0.2) is 10.4 Å². The molecule has 2 heterocycles. The highest BCUT2D eigenvalue weighted by Crippen LogP contribution is 2.47. The zero-order chi connectivity index (χ0) is 31.3. The van der Waals surface area contributed by atoms with Crippen molar-refractivity contribution < 1.29 is 0 Å². The van der Waals surface area contributed by atoms with Crippen LogP contribution in [0.1, 0.15) is 11.1 Å². The lowest BCUT2D eigenvalue weighted by atomic mass is 10.0. The Balaban J connectivity index is 1.41. The topological polar surface area (TPSA) is 23.8 Å². The molecule has 0 unspecified atom stereocenters. The van der Waals surface area contributed by atoms with Crippen LogP contribution >= 0.6 is 0 Å². The molecule has 1 aliphatic heterocycles. The summed E-state index contributed by atoms with van der Waals surface area (Å²) in [7, 11) is 0. The van der Waals surface area contributed by atoms with Crippen molar-refractivity contribution in [3.05, 3.63) is 188 Å². The first kappa shape index (κ1) is 27.0. The fourth-order valence-electron chi connectivity index (χ4n) is 6.91. The second-order valence-electron chi connectivity index (χ2n) is 11.8. The van der Waals surface area contributed by atoms with Gasteiger partial charge in [-0.2, -0.15) is 0 Å². The monoisotopic (exact) mass is 602 g/mol. The minimum absolute atomic E-state index is 0.799. The molecule has 0 fully saturated rings. The fourth-order valence-corrected chi connectivity index (χ4v) is 6.91. The van der Waals surface area contributed by atoms with Gasteiger partial charge in [-0.1, -0.05) is 122 Å². The summed E-state index contributed by atoms with van der Waals surface area (Å²) < 4.78 is 2.38. The molecule has 47 heavy (non-hydrogen) atoms. The molecule has 0 bridgehead atoms. The van der Waals surface area contributed by atoms with E-state index >= 15 is 0 Å². The maximum absolute atomic E-state index is 5.55. The lowest BCUT2D eigenvalue weighted by Gasteiger charge is -2.27. The van der Waals surface area contributed by atoms with Crippen LogP contribution < -0.4 is 9.91 Å². The molecule has 0 saturated heterocycles. The molecule has 1 aliphatic rings. The van der Waals surface area contributed by atoms with Gasteiger partial charge in [0.2, 0.25) is 0 Å². The van der Waals surface area contributed by atoms with E-state index in [1.54, 1.807) is 0 Å². The van der Waals surface area contributed by atoms with Crippen LogP contribution in [0.4, 0.5) is 17.1 Å². The third-order valence-electron chi connectivity index (χ3n) is 9.05. The molecule has 0 radical (unpaired) electrons. The van der Waals surface area contributed by atoms with Crippen LogP contribution in [0.2, 0.25) is 0 Å². The largest absolute Gasteiger partial charge is 0.309 e. The Kier molecular flexibility index (Phi) is 6.25. The summed E-state index contributed by atoms with van der Waals surface area (Å²) in [4.78, 5) is 2.19. The Bertz CT molecular complexity index is 2480. The fraction of sp³-hybridized carbons (Fsp3) is 0. The number of anilines is 3. The summed E-state index contributed by atoms with van der Waals surface area (Å²) >= 11 is 0. The van der Waals surface area contributed by atoms with Crippen molar-refractivity contribution in [3.8, 4) is 5.69 Å². The second-order valence-corrected chi connectivity index (χ2v) is 11.8. The quantitative estimate of drug-likeness (QED) is 0.200. The van der Waals surface area contributed by atoms with Crippen LogP contribution in [0.5, 0.6) is 0 Å². The molecule has 0 spiro atoms. The first-order chi connectivity index (χ1) is 23.3. The Morgan fingerprint density at radius 3 is 1.89 bits per heavy atom. The molecule has 0 aliphatic carbocycles. The summed E-state index contributed by atoms with van der Waals surface area (Å²) in [5, 5.41) is 12.4. The molecule has 0 saturated carbocycles. The standard InChI is InChI=1S/C43H30N4/c1-30-37-27-28-40-41(38-23-13-14-24-39(38)46(40)36-26-25-31-15-11-12-18-33(31)29-36)42(37)47(35-21-9-4-10-22-35)44-43(32-16-5-2-6-17-32)45(30)34-19-7-3-8-20-34/h2-29H,1H2. The van der Waals surface area contributed by atoms with Gasteiger partial charge >= 0.3 is 0 Å². The maximum Gasteiger partial charge on any atom is 0.165 e. The summed E-state index contributed by atoms with van der Waals surface area (Å²) in [5.74, 6) is 0.799.